The van der Waals surface area contributed by atoms with Crippen LogP contribution in [-0.2, 0) is 33.1 Å². The summed E-state index contributed by atoms with van der Waals surface area (Å²) in [4.78, 5) is -0.347. The summed E-state index contributed by atoms with van der Waals surface area (Å²) in [6.45, 7) is 4.26. The van der Waals surface area contributed by atoms with Crippen molar-refractivity contribution in [1.82, 2.24) is 0 Å². The fourth-order valence-corrected chi connectivity index (χ4v) is 6.85. The molecule has 0 atom stereocenters. The molecule has 4 aromatic rings. The Kier molecular flexibility index (Phi) is 19.4. The van der Waals surface area contributed by atoms with Gasteiger partial charge in [-0.15, -0.1) is 5.75 Å². The van der Waals surface area contributed by atoms with E-state index >= 15 is 0 Å². The zero-order valence-electron chi connectivity index (χ0n) is 29.3. The van der Waals surface area contributed by atoms with Gasteiger partial charge in [-0.2, -0.15) is 8.42 Å². The molecular weight excluding hydrogens is 721 g/mol. The molecule has 0 radical (unpaired) electrons. The Morgan fingerprint density at radius 2 is 1.00 bits per heavy atom. The number of hydrogen-bond donors (Lipinski definition) is 2. The van der Waals surface area contributed by atoms with Crippen LogP contribution in [0.15, 0.2) is 94.7 Å². The first kappa shape index (κ1) is 44.3. The van der Waals surface area contributed by atoms with Gasteiger partial charge in [-0.3, -0.25) is 4.55 Å². The minimum Gasteiger partial charge on any atom is -0.872 e. The summed E-state index contributed by atoms with van der Waals surface area (Å²) in [6.07, 6.45) is 11.2. The van der Waals surface area contributed by atoms with Gasteiger partial charge in [0, 0.05) is 11.1 Å². The molecule has 4 rings (SSSR count). The average Bonchev–Trinajstić information content (AvgIpc) is 3.07. The number of phenolic OH excluding ortho intramolecular Hbond substituents is 1. The van der Waals surface area contributed by atoms with Gasteiger partial charge in [0.15, 0.2) is 0 Å². The number of rotatable bonds is 18. The quantitative estimate of drug-likeness (QED) is 0.0568. The van der Waals surface area contributed by atoms with E-state index in [0.29, 0.717) is 47.0 Å². The molecule has 0 aliphatic heterocycles. The molecule has 0 aliphatic carbocycles. The largest absolute Gasteiger partial charge is 2.00 e. The molecule has 0 unspecified atom stereocenters. The molecular formula is C38H46CaO10S2. The van der Waals surface area contributed by atoms with Gasteiger partial charge in [-0.05, 0) is 86.3 Å². The average molecular weight is 767 g/mol. The van der Waals surface area contributed by atoms with E-state index in [4.69, 9.17) is 9.47 Å². The molecule has 4 aromatic carbocycles. The monoisotopic (exact) mass is 766 g/mol. The van der Waals surface area contributed by atoms with Gasteiger partial charge in [0.1, 0.15) is 43.8 Å². The second-order valence-corrected chi connectivity index (χ2v) is 14.6. The van der Waals surface area contributed by atoms with Crippen LogP contribution in [0, 0.1) is 0 Å². The van der Waals surface area contributed by atoms with Crippen molar-refractivity contribution in [2.75, 3.05) is 0 Å². The summed E-state index contributed by atoms with van der Waals surface area (Å²) in [5.74, 6) is 1.63. The minimum atomic E-state index is -4.58. The molecule has 0 saturated carbocycles. The van der Waals surface area contributed by atoms with Crippen molar-refractivity contribution in [3.63, 3.8) is 0 Å². The Hall–Kier alpha value is -2.84. The van der Waals surface area contributed by atoms with Crippen LogP contribution in [0.2, 0.25) is 0 Å². The maximum Gasteiger partial charge on any atom is 2.00 e. The van der Waals surface area contributed by atoms with Crippen molar-refractivity contribution in [3.8, 4) is 34.5 Å². The van der Waals surface area contributed by atoms with Crippen molar-refractivity contribution >= 4 is 58.0 Å². The van der Waals surface area contributed by atoms with Crippen LogP contribution in [0.3, 0.4) is 0 Å². The third-order valence-electron chi connectivity index (χ3n) is 7.90. The van der Waals surface area contributed by atoms with E-state index in [1.165, 1.54) is 54.6 Å². The molecule has 0 aliphatic rings. The molecule has 0 aromatic heterocycles. The van der Waals surface area contributed by atoms with E-state index in [2.05, 4.69) is 13.8 Å². The molecule has 0 spiro atoms. The standard InChI is InChI=1S/2C19H24O5S.Ca/c2*1-2-3-4-5-6-8-17-18(9-7-10-19(17)25(21,22)23)24-16-13-11-15(20)12-14-16;/h2*7,9-14,20H,2-6,8H2,1H3,(H,21,22,23);/q;;+2/p-2. The maximum atomic E-state index is 11.7. The van der Waals surface area contributed by atoms with Crippen LogP contribution in [0.1, 0.15) is 89.2 Å². The predicted octanol–water partition coefficient (Wildman–Crippen LogP) is 8.53. The van der Waals surface area contributed by atoms with Gasteiger partial charge in [-0.1, -0.05) is 89.5 Å². The number of unbranched alkanes of at least 4 members (excludes halogenated alkanes) is 8. The van der Waals surface area contributed by atoms with Gasteiger partial charge >= 0.3 is 37.7 Å². The van der Waals surface area contributed by atoms with Gasteiger partial charge in [0.05, 0.1) is 4.90 Å². The van der Waals surface area contributed by atoms with Crippen molar-refractivity contribution in [3.05, 3.63) is 96.1 Å². The van der Waals surface area contributed by atoms with E-state index < -0.39 is 20.2 Å². The number of benzene rings is 4. The molecule has 10 nitrogen and oxygen atoms in total. The molecule has 51 heavy (non-hydrogen) atoms. The smallest absolute Gasteiger partial charge is 0.872 e. The first-order valence-corrected chi connectivity index (χ1v) is 19.8. The molecule has 2 N–H and O–H groups in total. The zero-order chi connectivity index (χ0) is 36.6. The summed E-state index contributed by atoms with van der Waals surface area (Å²) in [6, 6.07) is 21.0. The van der Waals surface area contributed by atoms with Gasteiger partial charge in [0.25, 0.3) is 10.1 Å². The third kappa shape index (κ3) is 15.3. The first-order chi connectivity index (χ1) is 23.8. The first-order valence-electron chi connectivity index (χ1n) is 16.9. The van der Waals surface area contributed by atoms with E-state index in [1.807, 2.05) is 0 Å². The van der Waals surface area contributed by atoms with Crippen LogP contribution >= 0.6 is 0 Å². The summed E-state index contributed by atoms with van der Waals surface area (Å²) in [5, 5.41) is 20.5. The van der Waals surface area contributed by atoms with E-state index in [9.17, 15) is 36.2 Å². The van der Waals surface area contributed by atoms with Crippen molar-refractivity contribution in [2.45, 2.75) is 101 Å². The summed E-state index contributed by atoms with van der Waals surface area (Å²) in [5.41, 5.74) is 0.884. The van der Waals surface area contributed by atoms with Gasteiger partial charge in [-0.25, -0.2) is 8.42 Å². The van der Waals surface area contributed by atoms with E-state index in [0.717, 1.165) is 64.2 Å². The summed E-state index contributed by atoms with van der Waals surface area (Å²) >= 11 is 0. The Balaban J connectivity index is 0.000000347. The fourth-order valence-electron chi connectivity index (χ4n) is 5.34. The van der Waals surface area contributed by atoms with Crippen LogP contribution < -0.4 is 14.6 Å². The number of ether oxygens (including phenoxy) is 2. The SMILES string of the molecule is CCCCCCCc1c(Oc2ccc(O)cc2)cccc1S(=O)(=O)O.CCCCCCCc1c(Oc2ccc([O-])cc2)cccc1S(=O)(=O)[O-].[Ca+2]. The summed E-state index contributed by atoms with van der Waals surface area (Å²) < 4.78 is 79.2. The zero-order valence-corrected chi connectivity index (χ0v) is 33.1. The second-order valence-electron chi connectivity index (χ2n) is 11.9. The molecule has 0 bridgehead atoms. The second kappa shape index (κ2) is 22.3. The summed E-state index contributed by atoms with van der Waals surface area (Å²) in [7, 11) is -8.90. The van der Waals surface area contributed by atoms with Crippen LogP contribution in [0.25, 0.3) is 0 Å². The van der Waals surface area contributed by atoms with Crippen LogP contribution in [0.5, 0.6) is 34.5 Å². The topological polar surface area (TPSA) is 173 Å². The molecule has 0 fully saturated rings. The van der Waals surface area contributed by atoms with Crippen molar-refractivity contribution in [2.24, 2.45) is 0 Å². The van der Waals surface area contributed by atoms with Gasteiger partial charge < -0.3 is 24.2 Å². The van der Waals surface area contributed by atoms with Crippen LogP contribution in [-0.4, -0.2) is 68.8 Å². The fraction of sp³-hybridized carbons (Fsp3) is 0.368. The minimum absolute atomic E-state index is 0. The predicted molar refractivity (Wildman–Crippen MR) is 195 cm³/mol. The Labute approximate surface area is 332 Å². The number of phenols is 1. The van der Waals surface area contributed by atoms with Crippen molar-refractivity contribution in [1.29, 1.82) is 0 Å². The van der Waals surface area contributed by atoms with Crippen LogP contribution in [0.4, 0.5) is 0 Å². The Morgan fingerprint density at radius 1 is 0.588 bits per heavy atom. The Morgan fingerprint density at radius 3 is 1.43 bits per heavy atom. The molecule has 13 heteroatoms. The molecule has 0 saturated heterocycles. The third-order valence-corrected chi connectivity index (χ3v) is 9.76. The molecule has 0 heterocycles. The molecule has 272 valence electrons. The number of aromatic hydroxyl groups is 1. The maximum absolute atomic E-state index is 11.7. The van der Waals surface area contributed by atoms with E-state index in [-0.39, 0.29) is 59.0 Å². The van der Waals surface area contributed by atoms with E-state index in [1.54, 1.807) is 30.3 Å². The van der Waals surface area contributed by atoms with Gasteiger partial charge in [0.2, 0.25) is 0 Å². The van der Waals surface area contributed by atoms with Crippen molar-refractivity contribution < 1.29 is 45.6 Å². The Bertz CT molecular complexity index is 1710. The normalized spacial score (nSPS) is 11.2. The molecule has 0 amide bonds. The number of hydrogen-bond acceptors (Lipinski definition) is 9.